The van der Waals surface area contributed by atoms with Crippen LogP contribution in [0, 0.1) is 5.92 Å². The summed E-state index contributed by atoms with van der Waals surface area (Å²) in [5.74, 6) is -0.846. The maximum Gasteiger partial charge on any atom is 0.450 e. The summed E-state index contributed by atoms with van der Waals surface area (Å²) in [5, 5.41) is 0. The Morgan fingerprint density at radius 1 is 1.44 bits per heavy atom. The third-order valence-electron chi connectivity index (χ3n) is 3.21. The van der Waals surface area contributed by atoms with Gasteiger partial charge in [0.1, 0.15) is 0 Å². The van der Waals surface area contributed by atoms with Gasteiger partial charge in [-0.05, 0) is 25.0 Å². The Morgan fingerprint density at radius 2 is 2.19 bits per heavy atom. The van der Waals surface area contributed by atoms with E-state index >= 15 is 0 Å². The minimum atomic E-state index is -4.70. The van der Waals surface area contributed by atoms with Crippen LogP contribution in [0.3, 0.4) is 0 Å². The predicted molar refractivity (Wildman–Crippen MR) is 54.4 cm³/mol. The molecule has 0 N–H and O–H groups in total. The van der Waals surface area contributed by atoms with Gasteiger partial charge in [-0.3, -0.25) is 4.79 Å². The highest BCUT2D eigenvalue weighted by Gasteiger charge is 2.49. The molecule has 2 atom stereocenters. The summed E-state index contributed by atoms with van der Waals surface area (Å²) in [6.45, 7) is 0.271. The van der Waals surface area contributed by atoms with Crippen LogP contribution in [0.5, 0.6) is 0 Å². The lowest BCUT2D eigenvalue weighted by atomic mass is 9.83. The molecule has 0 saturated carbocycles. The number of rotatable bonds is 1. The fourth-order valence-corrected chi connectivity index (χ4v) is 3.72. The number of ketones is 1. The second-order valence-corrected chi connectivity index (χ2v) is 5.49. The molecule has 2 rings (SSSR count). The fraction of sp³-hybridized carbons (Fsp3) is 0.900. The molecule has 2 saturated heterocycles. The van der Waals surface area contributed by atoms with Crippen LogP contribution < -0.4 is 0 Å². The largest absolute Gasteiger partial charge is 0.450 e. The molecule has 0 aliphatic carbocycles. The van der Waals surface area contributed by atoms with Gasteiger partial charge >= 0.3 is 6.18 Å². The lowest BCUT2D eigenvalue weighted by Crippen LogP contribution is -2.44. The normalized spacial score (nSPS) is 35.6. The number of halogens is 3. The molecular weight excluding hydrogens is 241 g/mol. The van der Waals surface area contributed by atoms with Crippen molar-refractivity contribution < 1.29 is 22.7 Å². The first-order valence-corrected chi connectivity index (χ1v) is 6.41. The van der Waals surface area contributed by atoms with Crippen molar-refractivity contribution >= 4 is 17.5 Å². The Kier molecular flexibility index (Phi) is 3.22. The topological polar surface area (TPSA) is 26.3 Å². The molecule has 0 bridgehead atoms. The number of hydrogen-bond donors (Lipinski definition) is 0. The first-order chi connectivity index (χ1) is 7.43. The van der Waals surface area contributed by atoms with E-state index in [-0.39, 0.29) is 19.4 Å². The number of thioether (sulfide) groups is 1. The second-order valence-electron chi connectivity index (χ2n) is 4.39. The van der Waals surface area contributed by atoms with Gasteiger partial charge in [-0.25, -0.2) is 0 Å². The van der Waals surface area contributed by atoms with Crippen molar-refractivity contribution in [3.63, 3.8) is 0 Å². The minimum absolute atomic E-state index is 0.199. The Bertz CT molecular complexity index is 284. The summed E-state index contributed by atoms with van der Waals surface area (Å²) >= 11 is 1.68. The molecule has 92 valence electrons. The van der Waals surface area contributed by atoms with E-state index in [1.807, 2.05) is 0 Å². The third kappa shape index (κ3) is 2.37. The molecule has 2 nitrogen and oxygen atoms in total. The SMILES string of the molecule is O=C(C1CCOC2(CCSC2)C1)C(F)(F)F. The molecule has 0 amide bonds. The van der Waals surface area contributed by atoms with E-state index in [0.29, 0.717) is 5.75 Å². The van der Waals surface area contributed by atoms with Gasteiger partial charge in [0, 0.05) is 18.3 Å². The van der Waals surface area contributed by atoms with Crippen molar-refractivity contribution in [3.8, 4) is 0 Å². The number of ether oxygens (including phenoxy) is 1. The van der Waals surface area contributed by atoms with Crippen molar-refractivity contribution in [2.45, 2.75) is 31.0 Å². The van der Waals surface area contributed by atoms with Crippen LogP contribution in [-0.4, -0.2) is 35.7 Å². The molecule has 1 spiro atoms. The van der Waals surface area contributed by atoms with E-state index in [4.69, 9.17) is 4.74 Å². The third-order valence-corrected chi connectivity index (χ3v) is 4.43. The molecule has 2 unspecified atom stereocenters. The van der Waals surface area contributed by atoms with Gasteiger partial charge in [0.05, 0.1) is 5.60 Å². The van der Waals surface area contributed by atoms with E-state index < -0.39 is 23.5 Å². The molecule has 0 radical (unpaired) electrons. The first-order valence-electron chi connectivity index (χ1n) is 5.26. The summed E-state index contributed by atoms with van der Waals surface area (Å²) in [4.78, 5) is 11.2. The van der Waals surface area contributed by atoms with Gasteiger partial charge in [0.2, 0.25) is 5.78 Å². The molecule has 16 heavy (non-hydrogen) atoms. The molecule has 2 aliphatic heterocycles. The van der Waals surface area contributed by atoms with Crippen molar-refractivity contribution in [1.29, 1.82) is 0 Å². The number of carbonyl (C=O) groups excluding carboxylic acids is 1. The quantitative estimate of drug-likeness (QED) is 0.719. The van der Waals surface area contributed by atoms with E-state index in [1.54, 1.807) is 11.8 Å². The standard InChI is InChI=1S/C10H13F3O2S/c11-10(12,13)8(14)7-1-3-15-9(5-7)2-4-16-6-9/h7H,1-6H2. The van der Waals surface area contributed by atoms with Crippen molar-refractivity contribution in [2.24, 2.45) is 5.92 Å². The lowest BCUT2D eigenvalue weighted by molar-refractivity contribution is -0.182. The molecule has 0 aromatic carbocycles. The maximum atomic E-state index is 12.3. The van der Waals surface area contributed by atoms with E-state index in [2.05, 4.69) is 0 Å². The highest BCUT2D eigenvalue weighted by molar-refractivity contribution is 7.99. The molecule has 2 aliphatic rings. The number of alkyl halides is 3. The predicted octanol–water partition coefficient (Wildman–Crippen LogP) is 2.42. The van der Waals surface area contributed by atoms with Crippen LogP contribution in [0.4, 0.5) is 13.2 Å². The van der Waals surface area contributed by atoms with Crippen LogP contribution in [0.25, 0.3) is 0 Å². The maximum absolute atomic E-state index is 12.3. The summed E-state index contributed by atoms with van der Waals surface area (Å²) in [5.41, 5.74) is -0.464. The van der Waals surface area contributed by atoms with Gasteiger partial charge in [-0.2, -0.15) is 24.9 Å². The molecule has 6 heteroatoms. The lowest BCUT2D eigenvalue weighted by Gasteiger charge is -2.37. The summed E-state index contributed by atoms with van der Waals surface area (Å²) < 4.78 is 42.5. The van der Waals surface area contributed by atoms with Crippen LogP contribution in [-0.2, 0) is 9.53 Å². The van der Waals surface area contributed by atoms with Gasteiger partial charge < -0.3 is 4.74 Å². The smallest absolute Gasteiger partial charge is 0.374 e. The average Bonchev–Trinajstić information content (AvgIpc) is 2.64. The Hall–Kier alpha value is -0.230. The summed E-state index contributed by atoms with van der Waals surface area (Å²) in [6, 6.07) is 0. The highest BCUT2D eigenvalue weighted by Crippen LogP contribution is 2.42. The number of carbonyl (C=O) groups is 1. The zero-order chi connectivity index (χ0) is 11.8. The Labute approximate surface area is 95.9 Å². The monoisotopic (exact) mass is 254 g/mol. The van der Waals surface area contributed by atoms with Crippen molar-refractivity contribution in [3.05, 3.63) is 0 Å². The zero-order valence-corrected chi connectivity index (χ0v) is 9.50. The molecule has 0 aromatic rings. The van der Waals surface area contributed by atoms with Crippen LogP contribution in [0.2, 0.25) is 0 Å². The van der Waals surface area contributed by atoms with Crippen LogP contribution in [0.1, 0.15) is 19.3 Å². The summed E-state index contributed by atoms with van der Waals surface area (Å²) in [7, 11) is 0. The van der Waals surface area contributed by atoms with Crippen LogP contribution >= 0.6 is 11.8 Å². The van der Waals surface area contributed by atoms with E-state index in [1.165, 1.54) is 0 Å². The van der Waals surface area contributed by atoms with Crippen molar-refractivity contribution in [1.82, 2.24) is 0 Å². The van der Waals surface area contributed by atoms with Gasteiger partial charge in [-0.1, -0.05) is 0 Å². The Balaban J connectivity index is 2.04. The highest BCUT2D eigenvalue weighted by atomic mass is 32.2. The van der Waals surface area contributed by atoms with Gasteiger partial charge in [0.25, 0.3) is 0 Å². The fourth-order valence-electron chi connectivity index (χ4n) is 2.35. The molecule has 0 aromatic heterocycles. The van der Waals surface area contributed by atoms with Crippen molar-refractivity contribution in [2.75, 3.05) is 18.1 Å². The second kappa shape index (κ2) is 4.22. The summed E-state index contributed by atoms with van der Waals surface area (Å²) in [6.07, 6.45) is -3.50. The van der Waals surface area contributed by atoms with E-state index in [0.717, 1.165) is 12.2 Å². The van der Waals surface area contributed by atoms with E-state index in [9.17, 15) is 18.0 Å². The molecule has 2 fully saturated rings. The van der Waals surface area contributed by atoms with Gasteiger partial charge in [0.15, 0.2) is 0 Å². The zero-order valence-electron chi connectivity index (χ0n) is 8.68. The minimum Gasteiger partial charge on any atom is -0.374 e. The van der Waals surface area contributed by atoms with Gasteiger partial charge in [-0.15, -0.1) is 0 Å². The number of Topliss-reactive ketones (excluding diaryl/α,β-unsaturated/α-hetero) is 1. The molecule has 2 heterocycles. The molecular formula is C10H13F3O2S. The average molecular weight is 254 g/mol. The number of hydrogen-bond acceptors (Lipinski definition) is 3. The Morgan fingerprint density at radius 3 is 2.75 bits per heavy atom. The first kappa shape index (κ1) is 12.2. The van der Waals surface area contributed by atoms with Crippen LogP contribution in [0.15, 0.2) is 0 Å².